The Bertz CT molecular complexity index is 778. The first-order chi connectivity index (χ1) is 13.5. The lowest BCUT2D eigenvalue weighted by atomic mass is 10.1. The largest absolute Gasteiger partial charge is 0.379 e. The minimum atomic E-state index is -0.115. The van der Waals surface area contributed by atoms with Gasteiger partial charge in [0, 0.05) is 19.3 Å². The van der Waals surface area contributed by atoms with Gasteiger partial charge in [0.25, 0.3) is 11.8 Å². The van der Waals surface area contributed by atoms with E-state index >= 15 is 0 Å². The van der Waals surface area contributed by atoms with E-state index in [1.165, 1.54) is 0 Å². The summed E-state index contributed by atoms with van der Waals surface area (Å²) in [6.45, 7) is 5.96. The molecule has 2 amide bonds. The fraction of sp³-hybridized carbons (Fsp3) is 0.364. The minimum Gasteiger partial charge on any atom is -0.379 e. The molecule has 0 radical (unpaired) electrons. The molecule has 0 aliphatic carbocycles. The molecule has 0 aromatic heterocycles. The second-order valence-electron chi connectivity index (χ2n) is 6.90. The van der Waals surface area contributed by atoms with Crippen molar-refractivity contribution >= 4 is 17.5 Å². The van der Waals surface area contributed by atoms with Gasteiger partial charge in [0.05, 0.1) is 6.61 Å². The Morgan fingerprint density at radius 1 is 0.964 bits per heavy atom. The molecule has 0 saturated heterocycles. The molecular formula is C22H30N3O3+. The van der Waals surface area contributed by atoms with Crippen LogP contribution in [0.25, 0.3) is 0 Å². The predicted octanol–water partition coefficient (Wildman–Crippen LogP) is 1.09. The van der Waals surface area contributed by atoms with Gasteiger partial charge in [-0.2, -0.15) is 0 Å². The van der Waals surface area contributed by atoms with Crippen LogP contribution in [-0.2, 0) is 20.9 Å². The third kappa shape index (κ3) is 7.13. The standard InChI is InChI=1S/C22H29N3O3/c1-17-8-7-11-20(18(17)2)24-22(27)16-25(12-13-28-3)15-21(26)23-14-19-9-5-4-6-10-19/h4-11H,12-16H2,1-3H3,(H,23,26)(H,24,27)/p+1. The number of carbonyl (C=O) groups excluding carboxylic acids is 2. The van der Waals surface area contributed by atoms with E-state index in [-0.39, 0.29) is 24.9 Å². The van der Waals surface area contributed by atoms with Gasteiger partial charge in [-0.05, 0) is 36.6 Å². The average molecular weight is 385 g/mol. The molecule has 2 rings (SSSR count). The van der Waals surface area contributed by atoms with E-state index in [0.29, 0.717) is 19.7 Å². The molecule has 3 N–H and O–H groups in total. The highest BCUT2D eigenvalue weighted by molar-refractivity contribution is 5.92. The molecule has 6 nitrogen and oxygen atoms in total. The summed E-state index contributed by atoms with van der Waals surface area (Å²) in [6.07, 6.45) is 0. The zero-order valence-corrected chi connectivity index (χ0v) is 16.9. The van der Waals surface area contributed by atoms with Crippen molar-refractivity contribution in [2.75, 3.05) is 38.7 Å². The fourth-order valence-electron chi connectivity index (χ4n) is 2.88. The first kappa shape index (κ1) is 21.6. The lowest BCUT2D eigenvalue weighted by Crippen LogP contribution is -3.14. The van der Waals surface area contributed by atoms with Gasteiger partial charge in [-0.25, -0.2) is 0 Å². The molecule has 28 heavy (non-hydrogen) atoms. The molecule has 1 unspecified atom stereocenters. The van der Waals surface area contributed by atoms with Crippen LogP contribution in [0.5, 0.6) is 0 Å². The maximum atomic E-state index is 12.5. The number of nitrogens with one attached hydrogen (secondary N) is 3. The molecule has 2 aromatic rings. The Labute approximate surface area is 166 Å². The van der Waals surface area contributed by atoms with Crippen molar-refractivity contribution in [3.8, 4) is 0 Å². The summed E-state index contributed by atoms with van der Waals surface area (Å²) >= 11 is 0. The second kappa shape index (κ2) is 11.2. The summed E-state index contributed by atoms with van der Waals surface area (Å²) in [5.41, 5.74) is 4.03. The number of anilines is 1. The maximum absolute atomic E-state index is 12.5. The smallest absolute Gasteiger partial charge is 0.279 e. The van der Waals surface area contributed by atoms with Crippen molar-refractivity contribution in [2.24, 2.45) is 0 Å². The van der Waals surface area contributed by atoms with Gasteiger partial charge in [0.2, 0.25) is 0 Å². The van der Waals surface area contributed by atoms with Crippen LogP contribution in [0.1, 0.15) is 16.7 Å². The predicted molar refractivity (Wildman–Crippen MR) is 110 cm³/mol. The molecule has 0 aliphatic heterocycles. The number of hydrogen-bond donors (Lipinski definition) is 3. The summed E-state index contributed by atoms with van der Waals surface area (Å²) < 4.78 is 5.13. The summed E-state index contributed by atoms with van der Waals surface area (Å²) in [5, 5.41) is 5.87. The van der Waals surface area contributed by atoms with Crippen LogP contribution in [0.4, 0.5) is 5.69 Å². The Balaban J connectivity index is 1.89. The van der Waals surface area contributed by atoms with Gasteiger partial charge in [-0.15, -0.1) is 0 Å². The zero-order valence-electron chi connectivity index (χ0n) is 16.9. The lowest BCUT2D eigenvalue weighted by Gasteiger charge is -2.19. The number of amides is 2. The molecule has 0 aliphatic rings. The minimum absolute atomic E-state index is 0.0884. The van der Waals surface area contributed by atoms with Gasteiger partial charge < -0.3 is 20.3 Å². The van der Waals surface area contributed by atoms with Crippen LogP contribution in [0, 0.1) is 13.8 Å². The van der Waals surface area contributed by atoms with Gasteiger partial charge in [0.1, 0.15) is 6.54 Å². The Kier molecular flexibility index (Phi) is 8.65. The SMILES string of the molecule is COCC[NH+](CC(=O)NCc1ccccc1)CC(=O)Nc1cccc(C)c1C. The first-order valence-corrected chi connectivity index (χ1v) is 9.48. The first-order valence-electron chi connectivity index (χ1n) is 9.48. The second-order valence-corrected chi connectivity index (χ2v) is 6.90. The maximum Gasteiger partial charge on any atom is 0.279 e. The molecule has 1 atom stereocenters. The van der Waals surface area contributed by atoms with Crippen LogP contribution in [-0.4, -0.2) is 45.2 Å². The van der Waals surface area contributed by atoms with Crippen LogP contribution >= 0.6 is 0 Å². The summed E-state index contributed by atoms with van der Waals surface area (Å²) in [5.74, 6) is -0.204. The van der Waals surface area contributed by atoms with E-state index in [9.17, 15) is 9.59 Å². The van der Waals surface area contributed by atoms with Gasteiger partial charge >= 0.3 is 0 Å². The van der Waals surface area contributed by atoms with Crippen LogP contribution in [0.3, 0.4) is 0 Å². The average Bonchev–Trinajstić information content (AvgIpc) is 2.69. The van der Waals surface area contributed by atoms with Crippen molar-refractivity contribution in [1.29, 1.82) is 0 Å². The van der Waals surface area contributed by atoms with Gasteiger partial charge in [-0.3, -0.25) is 9.59 Å². The molecule has 2 aromatic carbocycles. The fourth-order valence-corrected chi connectivity index (χ4v) is 2.88. The van der Waals surface area contributed by atoms with Gasteiger partial charge in [0.15, 0.2) is 13.1 Å². The molecule has 150 valence electrons. The number of hydrogen-bond acceptors (Lipinski definition) is 3. The highest BCUT2D eigenvalue weighted by atomic mass is 16.5. The summed E-state index contributed by atoms with van der Waals surface area (Å²) in [7, 11) is 1.61. The third-order valence-electron chi connectivity index (χ3n) is 4.69. The normalized spacial score (nSPS) is 11.7. The summed E-state index contributed by atoms with van der Waals surface area (Å²) in [4.78, 5) is 25.7. The molecule has 6 heteroatoms. The third-order valence-corrected chi connectivity index (χ3v) is 4.69. The van der Waals surface area contributed by atoms with Crippen LogP contribution in [0.2, 0.25) is 0 Å². The topological polar surface area (TPSA) is 71.9 Å². The van der Waals surface area contributed by atoms with Gasteiger partial charge in [-0.1, -0.05) is 42.5 Å². The molecular weight excluding hydrogens is 354 g/mol. The number of carbonyl (C=O) groups is 2. The number of aryl methyl sites for hydroxylation is 1. The Hall–Kier alpha value is -2.70. The lowest BCUT2D eigenvalue weighted by molar-refractivity contribution is -0.884. The molecule has 0 bridgehead atoms. The quantitative estimate of drug-likeness (QED) is 0.574. The van der Waals surface area contributed by atoms with E-state index in [1.807, 2.05) is 62.4 Å². The highest BCUT2D eigenvalue weighted by Gasteiger charge is 2.18. The number of ether oxygens (including phenoxy) is 1. The Morgan fingerprint density at radius 3 is 2.39 bits per heavy atom. The van der Waals surface area contributed by atoms with E-state index in [4.69, 9.17) is 4.74 Å². The highest BCUT2D eigenvalue weighted by Crippen LogP contribution is 2.17. The van der Waals surface area contributed by atoms with E-state index < -0.39 is 0 Å². The molecule has 0 spiro atoms. The number of methoxy groups -OCH3 is 1. The van der Waals surface area contributed by atoms with E-state index in [2.05, 4.69) is 10.6 Å². The van der Waals surface area contributed by atoms with Crippen molar-refractivity contribution in [3.05, 3.63) is 65.2 Å². The van der Waals surface area contributed by atoms with Crippen molar-refractivity contribution < 1.29 is 19.2 Å². The number of rotatable bonds is 10. The summed E-state index contributed by atoms with van der Waals surface area (Å²) in [6, 6.07) is 15.6. The van der Waals surface area contributed by atoms with Crippen molar-refractivity contribution in [1.82, 2.24) is 5.32 Å². The number of quaternary nitrogens is 1. The molecule has 0 saturated carbocycles. The Morgan fingerprint density at radius 2 is 1.68 bits per heavy atom. The van der Waals surface area contributed by atoms with E-state index in [1.54, 1.807) is 7.11 Å². The molecule has 0 heterocycles. The van der Waals surface area contributed by atoms with Crippen LogP contribution in [0.15, 0.2) is 48.5 Å². The van der Waals surface area contributed by atoms with Crippen molar-refractivity contribution in [3.63, 3.8) is 0 Å². The zero-order chi connectivity index (χ0) is 20.4. The molecule has 0 fully saturated rings. The van der Waals surface area contributed by atoms with E-state index in [0.717, 1.165) is 27.3 Å². The monoisotopic (exact) mass is 384 g/mol. The number of benzene rings is 2. The van der Waals surface area contributed by atoms with Crippen LogP contribution < -0.4 is 15.5 Å². The van der Waals surface area contributed by atoms with Crippen molar-refractivity contribution in [2.45, 2.75) is 20.4 Å².